The average molecular weight is 171 g/mol. The smallest absolute Gasteiger partial charge is 0.489 e. The molecule has 0 N–H and O–H groups in total. The van der Waals surface area contributed by atoms with E-state index in [0.29, 0.717) is 0 Å². The second-order valence-electron chi connectivity index (χ2n) is 1.80. The summed E-state index contributed by atoms with van der Waals surface area (Å²) in [6.45, 7) is 2.91. The van der Waals surface area contributed by atoms with Gasteiger partial charge < -0.3 is 4.43 Å². The lowest BCUT2D eigenvalue weighted by atomic mass is 10.7. The summed E-state index contributed by atoms with van der Waals surface area (Å²) < 4.78 is 38.0. The van der Waals surface area contributed by atoms with Crippen LogP contribution in [-0.4, -0.2) is 21.2 Å². The largest absolute Gasteiger partial charge is 0.512 e. The number of carbonyl (C=O) groups excluding carboxylic acids is 1. The SMILES string of the molecule is C[Si](C)OC(=O)C(F)(F)F. The molecule has 0 aromatic heterocycles. The second-order valence-corrected chi connectivity index (χ2v) is 3.82. The van der Waals surface area contributed by atoms with E-state index >= 15 is 0 Å². The first-order valence-corrected chi connectivity index (χ1v) is 4.84. The van der Waals surface area contributed by atoms with E-state index < -0.39 is 21.2 Å². The number of alkyl halides is 3. The van der Waals surface area contributed by atoms with Crippen molar-refractivity contribution in [3.63, 3.8) is 0 Å². The summed E-state index contributed by atoms with van der Waals surface area (Å²) in [7, 11) is -1.59. The molecule has 59 valence electrons. The quantitative estimate of drug-likeness (QED) is 0.556. The van der Waals surface area contributed by atoms with Crippen LogP contribution < -0.4 is 0 Å². The lowest BCUT2D eigenvalue weighted by molar-refractivity contribution is -0.190. The first-order chi connectivity index (χ1) is 4.34. The Hall–Kier alpha value is -0.523. The van der Waals surface area contributed by atoms with Gasteiger partial charge in [0.05, 0.1) is 0 Å². The number of carbonyl (C=O) groups is 1. The van der Waals surface area contributed by atoms with Gasteiger partial charge in [-0.3, -0.25) is 0 Å². The molecule has 0 atom stereocenters. The van der Waals surface area contributed by atoms with Gasteiger partial charge in [0.2, 0.25) is 0 Å². The molecule has 0 amide bonds. The third-order valence-corrected chi connectivity index (χ3v) is 1.12. The second kappa shape index (κ2) is 3.04. The molecule has 0 spiro atoms. The van der Waals surface area contributed by atoms with Gasteiger partial charge >= 0.3 is 12.1 Å². The molecule has 0 saturated heterocycles. The molecule has 2 nitrogen and oxygen atoms in total. The maximum Gasteiger partial charge on any atom is 0.489 e. The predicted molar refractivity (Wildman–Crippen MR) is 29.6 cm³/mol. The number of hydrogen-bond donors (Lipinski definition) is 0. The summed E-state index contributed by atoms with van der Waals surface area (Å²) in [6, 6.07) is 0. The van der Waals surface area contributed by atoms with Crippen molar-refractivity contribution in [3.05, 3.63) is 0 Å². The molecule has 1 radical (unpaired) electrons. The highest BCUT2D eigenvalue weighted by Gasteiger charge is 2.41. The summed E-state index contributed by atoms with van der Waals surface area (Å²) in [5.74, 6) is -2.09. The topological polar surface area (TPSA) is 26.3 Å². The van der Waals surface area contributed by atoms with Crippen molar-refractivity contribution in [2.45, 2.75) is 19.3 Å². The molecule has 0 rings (SSSR count). The number of hydrogen-bond acceptors (Lipinski definition) is 2. The van der Waals surface area contributed by atoms with Crippen LogP contribution in [0.25, 0.3) is 0 Å². The van der Waals surface area contributed by atoms with E-state index in [-0.39, 0.29) is 0 Å². The normalized spacial score (nSPS) is 11.8. The molecule has 0 heterocycles. The van der Waals surface area contributed by atoms with Crippen LogP contribution in [0.2, 0.25) is 13.1 Å². The number of rotatable bonds is 1. The van der Waals surface area contributed by atoms with E-state index in [1.54, 1.807) is 0 Å². The zero-order valence-corrected chi connectivity index (χ0v) is 6.45. The summed E-state index contributed by atoms with van der Waals surface area (Å²) in [5, 5.41) is 0. The van der Waals surface area contributed by atoms with E-state index in [9.17, 15) is 18.0 Å². The minimum Gasteiger partial charge on any atom is -0.512 e. The van der Waals surface area contributed by atoms with Crippen molar-refractivity contribution >= 4 is 15.0 Å². The Bertz CT molecular complexity index is 131. The van der Waals surface area contributed by atoms with Crippen molar-refractivity contribution in [3.8, 4) is 0 Å². The fourth-order valence-corrected chi connectivity index (χ4v) is 0.730. The van der Waals surface area contributed by atoms with Crippen molar-refractivity contribution < 1.29 is 22.4 Å². The van der Waals surface area contributed by atoms with Gasteiger partial charge in [0, 0.05) is 0 Å². The highest BCUT2D eigenvalue weighted by molar-refractivity contribution is 6.50. The molecule has 0 fully saturated rings. The van der Waals surface area contributed by atoms with E-state index in [1.165, 1.54) is 13.1 Å². The molecular weight excluding hydrogens is 165 g/mol. The van der Waals surface area contributed by atoms with Crippen LogP contribution in [0, 0.1) is 0 Å². The fourth-order valence-electron chi connectivity index (χ4n) is 0.243. The first-order valence-electron chi connectivity index (χ1n) is 2.43. The van der Waals surface area contributed by atoms with Crippen molar-refractivity contribution in [2.75, 3.05) is 0 Å². The molecule has 0 saturated carbocycles. The van der Waals surface area contributed by atoms with Crippen LogP contribution >= 0.6 is 0 Å². The molecule has 6 heteroatoms. The Morgan fingerprint density at radius 3 is 1.90 bits per heavy atom. The van der Waals surface area contributed by atoms with E-state index in [4.69, 9.17) is 0 Å². The molecule has 0 aliphatic rings. The minimum atomic E-state index is -4.85. The van der Waals surface area contributed by atoms with Gasteiger partial charge in [-0.1, -0.05) is 0 Å². The summed E-state index contributed by atoms with van der Waals surface area (Å²) in [4.78, 5) is 9.95. The lowest BCUT2D eigenvalue weighted by Crippen LogP contribution is -2.29. The molecule has 0 aromatic rings. The Labute approximate surface area is 57.7 Å². The van der Waals surface area contributed by atoms with Gasteiger partial charge in [-0.25, -0.2) is 4.79 Å². The van der Waals surface area contributed by atoms with Crippen molar-refractivity contribution in [1.29, 1.82) is 0 Å². The monoisotopic (exact) mass is 171 g/mol. The molecule has 0 bridgehead atoms. The van der Waals surface area contributed by atoms with Gasteiger partial charge in [0.25, 0.3) is 9.04 Å². The third kappa shape index (κ3) is 3.49. The Kier molecular flexibility index (Phi) is 2.88. The van der Waals surface area contributed by atoms with Crippen LogP contribution in [0.3, 0.4) is 0 Å². The minimum absolute atomic E-state index is 1.45. The summed E-state index contributed by atoms with van der Waals surface area (Å²) >= 11 is 0. The molecule has 0 aliphatic heterocycles. The van der Waals surface area contributed by atoms with Crippen LogP contribution in [0.1, 0.15) is 0 Å². The van der Waals surface area contributed by atoms with Crippen molar-refractivity contribution in [2.24, 2.45) is 0 Å². The molecular formula is C4H6F3O2Si. The standard InChI is InChI=1S/C4H6F3O2Si/c1-10(2)9-3(8)4(5,6)7/h1-2H3. The number of halogens is 3. The highest BCUT2D eigenvalue weighted by atomic mass is 28.3. The van der Waals surface area contributed by atoms with Gasteiger partial charge in [0.15, 0.2) is 0 Å². The van der Waals surface area contributed by atoms with Crippen LogP contribution in [0.15, 0.2) is 0 Å². The highest BCUT2D eigenvalue weighted by Crippen LogP contribution is 2.16. The fraction of sp³-hybridized carbons (Fsp3) is 0.750. The van der Waals surface area contributed by atoms with Crippen LogP contribution in [-0.2, 0) is 9.22 Å². The molecule has 0 aromatic carbocycles. The zero-order chi connectivity index (χ0) is 8.36. The third-order valence-electron chi connectivity index (χ3n) is 0.528. The maximum absolute atomic E-state index is 11.4. The van der Waals surface area contributed by atoms with E-state index in [0.717, 1.165) is 0 Å². The predicted octanol–water partition coefficient (Wildman–Crippen LogP) is 1.34. The van der Waals surface area contributed by atoms with Gasteiger partial charge in [-0.2, -0.15) is 13.2 Å². The lowest BCUT2D eigenvalue weighted by Gasteiger charge is -2.07. The van der Waals surface area contributed by atoms with Crippen molar-refractivity contribution in [1.82, 2.24) is 0 Å². The zero-order valence-electron chi connectivity index (χ0n) is 5.45. The Morgan fingerprint density at radius 2 is 1.80 bits per heavy atom. The van der Waals surface area contributed by atoms with E-state index in [2.05, 4.69) is 4.43 Å². The summed E-state index contributed by atoms with van der Waals surface area (Å²) in [5.41, 5.74) is 0. The van der Waals surface area contributed by atoms with Crippen LogP contribution in [0.4, 0.5) is 13.2 Å². The molecule has 10 heavy (non-hydrogen) atoms. The van der Waals surface area contributed by atoms with Crippen LogP contribution in [0.5, 0.6) is 0 Å². The Balaban J connectivity index is 3.87. The maximum atomic E-state index is 11.4. The van der Waals surface area contributed by atoms with Gasteiger partial charge in [-0.15, -0.1) is 0 Å². The van der Waals surface area contributed by atoms with Gasteiger partial charge in [0.1, 0.15) is 0 Å². The first kappa shape index (κ1) is 9.48. The van der Waals surface area contributed by atoms with E-state index in [1.807, 2.05) is 0 Å². The summed E-state index contributed by atoms with van der Waals surface area (Å²) in [6.07, 6.45) is -4.85. The Morgan fingerprint density at radius 1 is 1.40 bits per heavy atom. The van der Waals surface area contributed by atoms with Gasteiger partial charge in [-0.05, 0) is 13.1 Å². The average Bonchev–Trinajstić information content (AvgIpc) is 1.60. The molecule has 0 aliphatic carbocycles. The molecule has 0 unspecified atom stereocenters.